The zero-order chi connectivity index (χ0) is 14.5. The lowest BCUT2D eigenvalue weighted by atomic mass is 9.95. The number of unbranched alkanes of at least 4 members (excludes halogenated alkanes) is 1. The van der Waals surface area contributed by atoms with Crippen LogP contribution in [0.1, 0.15) is 38.5 Å². The molecule has 0 aromatic heterocycles. The highest BCUT2D eigenvalue weighted by Gasteiger charge is 2.37. The number of aliphatic carboxylic acids is 1. The van der Waals surface area contributed by atoms with Crippen molar-refractivity contribution in [3.8, 4) is 0 Å². The average molecular weight is 281 g/mol. The fourth-order valence-corrected chi connectivity index (χ4v) is 2.36. The fraction of sp³-hybridized carbons (Fsp3) is 0.833. The number of hydrogen-bond acceptors (Lipinski definition) is 2. The van der Waals surface area contributed by atoms with Gasteiger partial charge in [-0.3, -0.25) is 9.59 Å². The molecule has 1 aliphatic carbocycles. The van der Waals surface area contributed by atoms with E-state index in [0.29, 0.717) is 19.3 Å². The molecule has 0 radical (unpaired) electrons. The normalized spacial score (nSPS) is 23.3. The molecule has 0 aromatic rings. The minimum absolute atomic E-state index is 0.0309. The summed E-state index contributed by atoms with van der Waals surface area (Å²) in [4.78, 5) is 22.6. The third-order valence-electron chi connectivity index (χ3n) is 3.36. The molecule has 110 valence electrons. The number of carboxylic acids is 1. The highest BCUT2D eigenvalue weighted by Crippen LogP contribution is 2.32. The first-order chi connectivity index (χ1) is 8.81. The maximum Gasteiger partial charge on any atom is 0.389 e. The van der Waals surface area contributed by atoms with Gasteiger partial charge in [-0.1, -0.05) is 6.42 Å². The number of carboxylic acid groups (broad SMARTS) is 1. The molecule has 1 saturated carbocycles. The third-order valence-corrected chi connectivity index (χ3v) is 3.36. The number of rotatable bonds is 6. The van der Waals surface area contributed by atoms with Crippen LogP contribution >= 0.6 is 0 Å². The molecule has 2 unspecified atom stereocenters. The van der Waals surface area contributed by atoms with E-state index in [1.807, 2.05) is 0 Å². The minimum Gasteiger partial charge on any atom is -0.481 e. The van der Waals surface area contributed by atoms with Gasteiger partial charge in [-0.05, 0) is 25.7 Å². The molecule has 0 heterocycles. The molecular formula is C12H18F3NO3. The van der Waals surface area contributed by atoms with E-state index in [0.717, 1.165) is 0 Å². The monoisotopic (exact) mass is 281 g/mol. The van der Waals surface area contributed by atoms with Crippen LogP contribution in [-0.4, -0.2) is 29.7 Å². The van der Waals surface area contributed by atoms with Crippen molar-refractivity contribution in [1.82, 2.24) is 5.32 Å². The maximum absolute atomic E-state index is 11.9. The molecule has 19 heavy (non-hydrogen) atoms. The fourth-order valence-electron chi connectivity index (χ4n) is 2.36. The van der Waals surface area contributed by atoms with E-state index in [9.17, 15) is 22.8 Å². The summed E-state index contributed by atoms with van der Waals surface area (Å²) in [7, 11) is 0. The predicted octanol–water partition coefficient (Wildman–Crippen LogP) is 2.34. The van der Waals surface area contributed by atoms with Crippen molar-refractivity contribution < 1.29 is 27.9 Å². The number of alkyl halides is 3. The van der Waals surface area contributed by atoms with Gasteiger partial charge >= 0.3 is 12.1 Å². The van der Waals surface area contributed by atoms with Gasteiger partial charge < -0.3 is 10.4 Å². The smallest absolute Gasteiger partial charge is 0.389 e. The molecule has 0 saturated heterocycles. The SMILES string of the molecule is O=C(O)C1CCCC1C(=O)NCCCCC(F)(F)F. The summed E-state index contributed by atoms with van der Waals surface area (Å²) in [5, 5.41) is 11.5. The lowest BCUT2D eigenvalue weighted by molar-refractivity contribution is -0.146. The van der Waals surface area contributed by atoms with E-state index in [-0.39, 0.29) is 25.3 Å². The van der Waals surface area contributed by atoms with Crippen molar-refractivity contribution in [2.75, 3.05) is 6.54 Å². The summed E-state index contributed by atoms with van der Waals surface area (Å²) in [6, 6.07) is 0. The summed E-state index contributed by atoms with van der Waals surface area (Å²) >= 11 is 0. The Morgan fingerprint density at radius 2 is 1.79 bits per heavy atom. The summed E-state index contributed by atoms with van der Waals surface area (Å²) in [5.41, 5.74) is 0. The molecule has 0 aliphatic heterocycles. The van der Waals surface area contributed by atoms with E-state index in [1.165, 1.54) is 0 Å². The Bertz CT molecular complexity index is 331. The van der Waals surface area contributed by atoms with Crippen molar-refractivity contribution in [3.63, 3.8) is 0 Å². The van der Waals surface area contributed by atoms with E-state index < -0.39 is 30.4 Å². The number of carbonyl (C=O) groups excluding carboxylic acids is 1. The second-order valence-electron chi connectivity index (χ2n) is 4.85. The van der Waals surface area contributed by atoms with Crippen LogP contribution in [0.3, 0.4) is 0 Å². The zero-order valence-electron chi connectivity index (χ0n) is 10.5. The number of nitrogens with one attached hydrogen (secondary N) is 1. The van der Waals surface area contributed by atoms with Crippen molar-refractivity contribution in [3.05, 3.63) is 0 Å². The van der Waals surface area contributed by atoms with Crippen molar-refractivity contribution in [2.24, 2.45) is 11.8 Å². The number of carbonyl (C=O) groups is 2. The van der Waals surface area contributed by atoms with Crippen molar-refractivity contribution >= 4 is 11.9 Å². The van der Waals surface area contributed by atoms with Crippen LogP contribution in [0.5, 0.6) is 0 Å². The molecule has 0 spiro atoms. The van der Waals surface area contributed by atoms with Gasteiger partial charge in [-0.15, -0.1) is 0 Å². The summed E-state index contributed by atoms with van der Waals surface area (Å²) in [5.74, 6) is -2.53. The number of halogens is 3. The van der Waals surface area contributed by atoms with Crippen LogP contribution in [0.4, 0.5) is 13.2 Å². The molecule has 0 aromatic carbocycles. The highest BCUT2D eigenvalue weighted by atomic mass is 19.4. The Hall–Kier alpha value is -1.27. The molecular weight excluding hydrogens is 263 g/mol. The van der Waals surface area contributed by atoms with Crippen LogP contribution in [0.2, 0.25) is 0 Å². The Kier molecular flexibility index (Phi) is 5.62. The van der Waals surface area contributed by atoms with Gasteiger partial charge in [0.25, 0.3) is 0 Å². The van der Waals surface area contributed by atoms with Gasteiger partial charge in [0.2, 0.25) is 5.91 Å². The molecule has 1 aliphatic rings. The quantitative estimate of drug-likeness (QED) is 0.734. The van der Waals surface area contributed by atoms with Crippen LogP contribution < -0.4 is 5.32 Å². The average Bonchev–Trinajstić information content (AvgIpc) is 2.75. The van der Waals surface area contributed by atoms with Gasteiger partial charge in [-0.25, -0.2) is 0 Å². The Morgan fingerprint density at radius 3 is 2.37 bits per heavy atom. The van der Waals surface area contributed by atoms with E-state index >= 15 is 0 Å². The molecule has 2 atom stereocenters. The van der Waals surface area contributed by atoms with Gasteiger partial charge in [-0.2, -0.15) is 13.2 Å². The number of hydrogen-bond donors (Lipinski definition) is 2. The Labute approximate surface area is 109 Å². The Morgan fingerprint density at radius 1 is 1.16 bits per heavy atom. The lowest BCUT2D eigenvalue weighted by Crippen LogP contribution is -2.35. The third kappa shape index (κ3) is 5.48. The molecule has 0 bridgehead atoms. The van der Waals surface area contributed by atoms with Crippen molar-refractivity contribution in [1.29, 1.82) is 0 Å². The minimum atomic E-state index is -4.16. The second kappa shape index (κ2) is 6.77. The van der Waals surface area contributed by atoms with Gasteiger partial charge in [0.1, 0.15) is 0 Å². The molecule has 4 nitrogen and oxygen atoms in total. The van der Waals surface area contributed by atoms with Gasteiger partial charge in [0.05, 0.1) is 11.8 Å². The summed E-state index contributed by atoms with van der Waals surface area (Å²) in [6.07, 6.45) is -3.09. The van der Waals surface area contributed by atoms with Crippen molar-refractivity contribution in [2.45, 2.75) is 44.7 Å². The second-order valence-corrected chi connectivity index (χ2v) is 4.85. The van der Waals surface area contributed by atoms with Gasteiger partial charge in [0.15, 0.2) is 0 Å². The van der Waals surface area contributed by atoms with Crippen LogP contribution in [0.15, 0.2) is 0 Å². The predicted molar refractivity (Wildman–Crippen MR) is 61.4 cm³/mol. The summed E-state index contributed by atoms with van der Waals surface area (Å²) in [6.45, 7) is 0.164. The van der Waals surface area contributed by atoms with Crippen LogP contribution in [0.25, 0.3) is 0 Å². The van der Waals surface area contributed by atoms with Crippen LogP contribution in [0, 0.1) is 11.8 Å². The Balaban J connectivity index is 2.22. The lowest BCUT2D eigenvalue weighted by Gasteiger charge is -2.15. The zero-order valence-corrected chi connectivity index (χ0v) is 10.5. The largest absolute Gasteiger partial charge is 0.481 e. The molecule has 1 fully saturated rings. The molecule has 1 rings (SSSR count). The van der Waals surface area contributed by atoms with Crippen LogP contribution in [-0.2, 0) is 9.59 Å². The summed E-state index contributed by atoms with van der Waals surface area (Å²) < 4.78 is 35.6. The van der Waals surface area contributed by atoms with E-state index in [1.54, 1.807) is 0 Å². The first-order valence-electron chi connectivity index (χ1n) is 6.38. The van der Waals surface area contributed by atoms with Gasteiger partial charge in [0, 0.05) is 13.0 Å². The van der Waals surface area contributed by atoms with E-state index in [4.69, 9.17) is 5.11 Å². The topological polar surface area (TPSA) is 66.4 Å². The van der Waals surface area contributed by atoms with E-state index in [2.05, 4.69) is 5.32 Å². The standard InChI is InChI=1S/C12H18F3NO3/c13-12(14,15)6-1-2-7-16-10(17)8-4-3-5-9(8)11(18)19/h8-9H,1-7H2,(H,16,17)(H,18,19). The first kappa shape index (κ1) is 15.8. The molecule has 1 amide bonds. The highest BCUT2D eigenvalue weighted by molar-refractivity contribution is 5.85. The molecule has 7 heteroatoms. The number of amides is 1. The maximum atomic E-state index is 11.9. The first-order valence-corrected chi connectivity index (χ1v) is 6.38. The molecule has 2 N–H and O–H groups in total.